The molecule has 1 aliphatic carbocycles. The molecule has 0 spiro atoms. The molecule has 1 heterocycles. The summed E-state index contributed by atoms with van der Waals surface area (Å²) in [6.45, 7) is 10.4. The van der Waals surface area contributed by atoms with Crippen LogP contribution < -0.4 is 5.73 Å². The molecule has 2 unspecified atom stereocenters. The molecule has 1 amide bonds. The Morgan fingerprint density at radius 1 is 1.24 bits per heavy atom. The number of hydrogen-bond donors (Lipinski definition) is 2. The third kappa shape index (κ3) is 3.34. The summed E-state index contributed by atoms with van der Waals surface area (Å²) in [6.07, 6.45) is 2.42. The van der Waals surface area contributed by atoms with Gasteiger partial charge < -0.3 is 20.5 Å². The Labute approximate surface area is 127 Å². The van der Waals surface area contributed by atoms with Crippen LogP contribution in [0.2, 0.25) is 0 Å². The van der Waals surface area contributed by atoms with Crippen LogP contribution in [0.15, 0.2) is 0 Å². The summed E-state index contributed by atoms with van der Waals surface area (Å²) >= 11 is 0. The predicted molar refractivity (Wildman–Crippen MR) is 81.9 cm³/mol. The van der Waals surface area contributed by atoms with Crippen molar-refractivity contribution in [3.05, 3.63) is 0 Å². The molecular weight excluding hydrogens is 268 g/mol. The monoisotopic (exact) mass is 298 g/mol. The highest BCUT2D eigenvalue weighted by Crippen LogP contribution is 2.44. The number of ether oxygens (including phenoxy) is 1. The van der Waals surface area contributed by atoms with Crippen molar-refractivity contribution < 1.29 is 14.6 Å². The van der Waals surface area contributed by atoms with Crippen molar-refractivity contribution in [1.82, 2.24) is 4.90 Å². The average Bonchev–Trinajstić information content (AvgIpc) is 2.19. The van der Waals surface area contributed by atoms with Crippen LogP contribution >= 0.6 is 0 Å². The van der Waals surface area contributed by atoms with Crippen LogP contribution in [0.25, 0.3) is 0 Å². The van der Waals surface area contributed by atoms with E-state index in [0.717, 1.165) is 19.3 Å². The number of carbonyl (C=O) groups is 1. The highest BCUT2D eigenvalue weighted by Gasteiger charge is 2.58. The van der Waals surface area contributed by atoms with Gasteiger partial charge in [0.15, 0.2) is 0 Å². The van der Waals surface area contributed by atoms with Gasteiger partial charge in [-0.05, 0) is 51.9 Å². The van der Waals surface area contributed by atoms with Crippen molar-refractivity contribution in [3.63, 3.8) is 0 Å². The van der Waals surface area contributed by atoms with Gasteiger partial charge in [0.05, 0.1) is 13.1 Å². The second-order valence-corrected chi connectivity index (χ2v) is 8.38. The number of nitrogens with zero attached hydrogens (tertiary/aromatic N) is 1. The minimum Gasteiger partial charge on any atom is -0.444 e. The van der Waals surface area contributed by atoms with Crippen molar-refractivity contribution >= 4 is 6.09 Å². The number of rotatable bonds is 1. The van der Waals surface area contributed by atoms with E-state index in [4.69, 9.17) is 10.5 Å². The molecular formula is C16H30N2O3. The first-order chi connectivity index (χ1) is 9.44. The van der Waals surface area contributed by atoms with Crippen LogP contribution in [0, 0.1) is 11.8 Å². The van der Waals surface area contributed by atoms with Gasteiger partial charge in [-0.1, -0.05) is 13.8 Å². The first-order valence-corrected chi connectivity index (χ1v) is 7.93. The van der Waals surface area contributed by atoms with E-state index >= 15 is 0 Å². The number of hydrogen-bond acceptors (Lipinski definition) is 4. The molecule has 1 saturated heterocycles. The molecule has 1 aliphatic heterocycles. The summed E-state index contributed by atoms with van der Waals surface area (Å²) in [5.74, 6) is 1.02. The third-order valence-corrected chi connectivity index (χ3v) is 4.71. The van der Waals surface area contributed by atoms with Gasteiger partial charge in [0.2, 0.25) is 0 Å². The number of aliphatic hydroxyl groups is 1. The van der Waals surface area contributed by atoms with Crippen LogP contribution in [0.3, 0.4) is 0 Å². The van der Waals surface area contributed by atoms with Crippen molar-refractivity contribution in [3.8, 4) is 0 Å². The summed E-state index contributed by atoms with van der Waals surface area (Å²) in [5, 5.41) is 10.9. The standard InChI is InChI=1S/C16H30N2O3/c1-11-6-12(2)8-15(17,7-11)16(20)9-18(10-16)13(19)21-14(3,4)5/h11-12,20H,6-10,17H2,1-5H3. The topological polar surface area (TPSA) is 75.8 Å². The number of carbonyl (C=O) groups excluding carboxylic acids is 1. The molecule has 0 aromatic heterocycles. The molecule has 5 nitrogen and oxygen atoms in total. The molecule has 3 N–H and O–H groups in total. The fourth-order valence-corrected chi connectivity index (χ4v) is 3.92. The fraction of sp³-hybridized carbons (Fsp3) is 0.938. The van der Waals surface area contributed by atoms with E-state index in [1.165, 1.54) is 0 Å². The van der Waals surface area contributed by atoms with Gasteiger partial charge in [-0.3, -0.25) is 0 Å². The predicted octanol–water partition coefficient (Wildman–Crippen LogP) is 2.12. The van der Waals surface area contributed by atoms with Gasteiger partial charge in [0, 0.05) is 5.54 Å². The summed E-state index contributed by atoms with van der Waals surface area (Å²) in [4.78, 5) is 13.5. The molecule has 0 aromatic carbocycles. The van der Waals surface area contributed by atoms with Gasteiger partial charge >= 0.3 is 6.09 Å². The number of likely N-dealkylation sites (tertiary alicyclic amines) is 1. The Balaban J connectivity index is 1.99. The third-order valence-electron chi connectivity index (χ3n) is 4.71. The van der Waals surface area contributed by atoms with E-state index in [1.807, 2.05) is 20.8 Å². The minimum absolute atomic E-state index is 0.276. The van der Waals surface area contributed by atoms with Crippen molar-refractivity contribution in [2.75, 3.05) is 13.1 Å². The summed E-state index contributed by atoms with van der Waals surface area (Å²) in [7, 11) is 0. The second kappa shape index (κ2) is 5.13. The van der Waals surface area contributed by atoms with Gasteiger partial charge in [-0.25, -0.2) is 4.79 Å². The van der Waals surface area contributed by atoms with Gasteiger partial charge in [-0.15, -0.1) is 0 Å². The van der Waals surface area contributed by atoms with Gasteiger partial charge in [-0.2, -0.15) is 0 Å². The summed E-state index contributed by atoms with van der Waals surface area (Å²) in [5.41, 5.74) is 4.45. The molecule has 21 heavy (non-hydrogen) atoms. The Morgan fingerprint density at radius 3 is 2.14 bits per heavy atom. The number of β-amino-alcohol motifs (C(OH)–C–C–N with tert-alkyl or cyclic N) is 1. The molecule has 5 heteroatoms. The molecule has 1 saturated carbocycles. The zero-order chi connectivity index (χ0) is 16.1. The summed E-state index contributed by atoms with van der Waals surface area (Å²) in [6, 6.07) is 0. The molecule has 122 valence electrons. The van der Waals surface area contributed by atoms with Crippen LogP contribution in [0.1, 0.15) is 53.9 Å². The minimum atomic E-state index is -0.979. The lowest BCUT2D eigenvalue weighted by atomic mass is 9.62. The SMILES string of the molecule is CC1CC(C)CC(N)(C2(O)CN(C(=O)OC(C)(C)C)C2)C1. The first kappa shape index (κ1) is 16.6. The zero-order valence-electron chi connectivity index (χ0n) is 14.0. The molecule has 0 bridgehead atoms. The zero-order valence-corrected chi connectivity index (χ0v) is 14.0. The van der Waals surface area contributed by atoms with E-state index in [9.17, 15) is 9.90 Å². The quantitative estimate of drug-likeness (QED) is 0.777. The smallest absolute Gasteiger partial charge is 0.410 e. The Bertz CT molecular complexity index is 400. The normalized spacial score (nSPS) is 36.0. The highest BCUT2D eigenvalue weighted by molar-refractivity contribution is 5.70. The first-order valence-electron chi connectivity index (χ1n) is 7.93. The number of amides is 1. The van der Waals surface area contributed by atoms with Crippen molar-refractivity contribution in [2.45, 2.75) is 70.6 Å². The number of nitrogens with two attached hydrogens (primary N) is 1. The average molecular weight is 298 g/mol. The Morgan fingerprint density at radius 2 is 1.71 bits per heavy atom. The molecule has 2 fully saturated rings. The van der Waals surface area contributed by atoms with Crippen LogP contribution in [0.4, 0.5) is 4.79 Å². The molecule has 2 aliphatic rings. The molecule has 0 radical (unpaired) electrons. The Hall–Kier alpha value is -0.810. The van der Waals surface area contributed by atoms with Crippen LogP contribution in [0.5, 0.6) is 0 Å². The lowest BCUT2D eigenvalue weighted by molar-refractivity contribution is -0.156. The van der Waals surface area contributed by atoms with Crippen molar-refractivity contribution in [1.29, 1.82) is 0 Å². The van der Waals surface area contributed by atoms with E-state index in [1.54, 1.807) is 4.90 Å². The van der Waals surface area contributed by atoms with Crippen molar-refractivity contribution in [2.24, 2.45) is 17.6 Å². The maximum Gasteiger partial charge on any atom is 0.410 e. The van der Waals surface area contributed by atoms with Gasteiger partial charge in [0.25, 0.3) is 0 Å². The largest absolute Gasteiger partial charge is 0.444 e. The molecule has 2 rings (SSSR count). The van der Waals surface area contributed by atoms with Crippen LogP contribution in [-0.2, 0) is 4.74 Å². The van der Waals surface area contributed by atoms with Crippen LogP contribution in [-0.4, -0.2) is 45.9 Å². The maximum absolute atomic E-state index is 12.0. The van der Waals surface area contributed by atoms with E-state index in [0.29, 0.717) is 11.8 Å². The van der Waals surface area contributed by atoms with E-state index in [-0.39, 0.29) is 19.2 Å². The molecule has 2 atom stereocenters. The van der Waals surface area contributed by atoms with E-state index in [2.05, 4.69) is 13.8 Å². The maximum atomic E-state index is 12.0. The Kier molecular flexibility index (Phi) is 4.04. The van der Waals surface area contributed by atoms with E-state index < -0.39 is 16.7 Å². The molecule has 0 aromatic rings. The summed E-state index contributed by atoms with van der Waals surface area (Å²) < 4.78 is 5.33. The second-order valence-electron chi connectivity index (χ2n) is 8.38. The fourth-order valence-electron chi connectivity index (χ4n) is 3.92. The lowest BCUT2D eigenvalue weighted by Crippen LogP contribution is -2.78. The lowest BCUT2D eigenvalue weighted by Gasteiger charge is -2.58. The van der Waals surface area contributed by atoms with Gasteiger partial charge in [0.1, 0.15) is 11.2 Å². The highest BCUT2D eigenvalue weighted by atomic mass is 16.6.